The second-order valence-corrected chi connectivity index (χ2v) is 8.70. The molecule has 1 spiro atoms. The highest BCUT2D eigenvalue weighted by Crippen LogP contribution is 2.38. The van der Waals surface area contributed by atoms with E-state index in [2.05, 4.69) is 6.58 Å². The van der Waals surface area contributed by atoms with E-state index in [1.54, 1.807) is 11.0 Å². The van der Waals surface area contributed by atoms with Gasteiger partial charge in [-0.1, -0.05) is 6.08 Å². The number of nitrogens with zero attached hydrogens (tertiary/aromatic N) is 2. The molecule has 2 heterocycles. The minimum atomic E-state index is -3.71. The van der Waals surface area contributed by atoms with Crippen LogP contribution in [0.5, 0.6) is 0 Å². The van der Waals surface area contributed by atoms with Gasteiger partial charge in [-0.2, -0.15) is 4.31 Å². The standard InChI is InChI=1S/C18H23FN2O3S/c1-2-12-21-17(22)5-3-10-18(21)11-4-13-20(14-18)25(23,24)16-8-6-15(19)7-9-16/h2,6-9H,1,3-5,10-14H2. The van der Waals surface area contributed by atoms with E-state index in [0.29, 0.717) is 25.9 Å². The van der Waals surface area contributed by atoms with Crippen LogP contribution >= 0.6 is 0 Å². The van der Waals surface area contributed by atoms with E-state index in [-0.39, 0.29) is 17.3 Å². The highest BCUT2D eigenvalue weighted by molar-refractivity contribution is 7.89. The third kappa shape index (κ3) is 3.35. The van der Waals surface area contributed by atoms with Crippen molar-refractivity contribution in [1.29, 1.82) is 0 Å². The number of carbonyl (C=O) groups is 1. The molecule has 3 rings (SSSR count). The normalized spacial score (nSPS) is 25.3. The largest absolute Gasteiger partial charge is 0.332 e. The molecule has 0 radical (unpaired) electrons. The lowest BCUT2D eigenvalue weighted by molar-refractivity contribution is -0.143. The van der Waals surface area contributed by atoms with Crippen LogP contribution in [0.3, 0.4) is 0 Å². The lowest BCUT2D eigenvalue weighted by Crippen LogP contribution is -2.63. The number of likely N-dealkylation sites (tertiary alicyclic amines) is 1. The van der Waals surface area contributed by atoms with Crippen molar-refractivity contribution in [2.24, 2.45) is 0 Å². The van der Waals surface area contributed by atoms with Gasteiger partial charge in [-0.25, -0.2) is 12.8 Å². The summed E-state index contributed by atoms with van der Waals surface area (Å²) in [5, 5.41) is 0. The van der Waals surface area contributed by atoms with E-state index >= 15 is 0 Å². The van der Waals surface area contributed by atoms with Crippen LogP contribution in [0.25, 0.3) is 0 Å². The van der Waals surface area contributed by atoms with Crippen LogP contribution in [0.2, 0.25) is 0 Å². The van der Waals surface area contributed by atoms with Gasteiger partial charge in [-0.3, -0.25) is 4.79 Å². The van der Waals surface area contributed by atoms with Gasteiger partial charge in [0.15, 0.2) is 0 Å². The second kappa shape index (κ2) is 6.88. The zero-order valence-electron chi connectivity index (χ0n) is 14.2. The van der Waals surface area contributed by atoms with Crippen LogP contribution in [0.4, 0.5) is 4.39 Å². The molecule has 1 aromatic carbocycles. The molecule has 0 bridgehead atoms. The lowest BCUT2D eigenvalue weighted by Gasteiger charge is -2.51. The van der Waals surface area contributed by atoms with Crippen molar-refractivity contribution in [3.63, 3.8) is 0 Å². The maximum absolute atomic E-state index is 13.1. The Kier molecular flexibility index (Phi) is 4.97. The van der Waals surface area contributed by atoms with Gasteiger partial charge >= 0.3 is 0 Å². The quantitative estimate of drug-likeness (QED) is 0.770. The molecule has 1 aromatic rings. The number of benzene rings is 1. The summed E-state index contributed by atoms with van der Waals surface area (Å²) in [4.78, 5) is 14.3. The fourth-order valence-electron chi connectivity index (χ4n) is 3.98. The molecule has 5 nitrogen and oxygen atoms in total. The molecule has 7 heteroatoms. The molecular formula is C18H23FN2O3S. The molecule has 0 saturated carbocycles. The molecule has 1 amide bonds. The predicted octanol–water partition coefficient (Wildman–Crippen LogP) is 2.55. The van der Waals surface area contributed by atoms with Crippen LogP contribution < -0.4 is 0 Å². The fourth-order valence-corrected chi connectivity index (χ4v) is 5.54. The number of carbonyl (C=O) groups excluding carboxylic acids is 1. The summed E-state index contributed by atoms with van der Waals surface area (Å²) in [6.07, 6.45) is 5.25. The van der Waals surface area contributed by atoms with Crippen LogP contribution in [0.15, 0.2) is 41.8 Å². The molecule has 2 fully saturated rings. The van der Waals surface area contributed by atoms with Crippen LogP contribution in [-0.2, 0) is 14.8 Å². The van der Waals surface area contributed by atoms with Gasteiger partial charge in [-0.05, 0) is 49.9 Å². The summed E-state index contributed by atoms with van der Waals surface area (Å²) in [5.74, 6) is -0.406. The van der Waals surface area contributed by atoms with E-state index < -0.39 is 21.4 Å². The Balaban J connectivity index is 1.90. The van der Waals surface area contributed by atoms with Crippen molar-refractivity contribution >= 4 is 15.9 Å². The first-order valence-electron chi connectivity index (χ1n) is 8.56. The molecule has 2 aliphatic rings. The summed E-state index contributed by atoms with van der Waals surface area (Å²) >= 11 is 0. The fraction of sp³-hybridized carbons (Fsp3) is 0.500. The highest BCUT2D eigenvalue weighted by Gasteiger charge is 2.47. The van der Waals surface area contributed by atoms with E-state index in [9.17, 15) is 17.6 Å². The first-order chi connectivity index (χ1) is 11.9. The van der Waals surface area contributed by atoms with Gasteiger partial charge in [-0.15, -0.1) is 6.58 Å². The monoisotopic (exact) mass is 366 g/mol. The number of amides is 1. The molecule has 0 aromatic heterocycles. The number of halogens is 1. The van der Waals surface area contributed by atoms with Crippen molar-refractivity contribution in [2.45, 2.75) is 42.5 Å². The maximum atomic E-state index is 13.1. The summed E-state index contributed by atoms with van der Waals surface area (Å²) in [6.45, 7) is 4.86. The van der Waals surface area contributed by atoms with E-state index in [4.69, 9.17) is 0 Å². The van der Waals surface area contributed by atoms with Gasteiger partial charge in [0.05, 0.1) is 10.4 Å². The number of sulfonamides is 1. The van der Waals surface area contributed by atoms with E-state index in [0.717, 1.165) is 31.4 Å². The van der Waals surface area contributed by atoms with Crippen LogP contribution in [0.1, 0.15) is 32.1 Å². The zero-order valence-corrected chi connectivity index (χ0v) is 15.0. The number of hydrogen-bond donors (Lipinski definition) is 0. The first kappa shape index (κ1) is 18.1. The van der Waals surface area contributed by atoms with Crippen molar-refractivity contribution in [2.75, 3.05) is 19.6 Å². The smallest absolute Gasteiger partial charge is 0.243 e. The highest BCUT2D eigenvalue weighted by atomic mass is 32.2. The van der Waals surface area contributed by atoms with Crippen LogP contribution in [-0.4, -0.2) is 48.7 Å². The molecule has 0 aliphatic carbocycles. The van der Waals surface area contributed by atoms with Crippen LogP contribution in [0, 0.1) is 5.82 Å². The molecule has 2 aliphatic heterocycles. The molecule has 0 N–H and O–H groups in total. The molecule has 1 atom stereocenters. The van der Waals surface area contributed by atoms with Gasteiger partial charge in [0, 0.05) is 26.1 Å². The minimum absolute atomic E-state index is 0.0622. The van der Waals surface area contributed by atoms with Crippen molar-refractivity contribution in [3.05, 3.63) is 42.7 Å². The van der Waals surface area contributed by atoms with Crippen molar-refractivity contribution in [1.82, 2.24) is 9.21 Å². The third-order valence-corrected chi connectivity index (χ3v) is 7.05. The molecule has 2 saturated heterocycles. The van der Waals surface area contributed by atoms with Gasteiger partial charge in [0.25, 0.3) is 0 Å². The zero-order chi connectivity index (χ0) is 18.1. The molecule has 1 unspecified atom stereocenters. The lowest BCUT2D eigenvalue weighted by atomic mass is 9.80. The van der Waals surface area contributed by atoms with E-state index in [1.165, 1.54) is 16.4 Å². The Labute approximate surface area is 148 Å². The number of rotatable bonds is 4. The van der Waals surface area contributed by atoms with Gasteiger partial charge in [0.2, 0.25) is 15.9 Å². The average Bonchev–Trinajstić information content (AvgIpc) is 2.59. The Morgan fingerprint density at radius 2 is 1.88 bits per heavy atom. The Hall–Kier alpha value is -1.73. The topological polar surface area (TPSA) is 57.7 Å². The summed E-state index contributed by atoms with van der Waals surface area (Å²) in [7, 11) is -3.71. The van der Waals surface area contributed by atoms with Gasteiger partial charge in [0.1, 0.15) is 5.82 Å². The SMILES string of the molecule is C=CCN1C(=O)CCCC12CCCN(S(=O)(=O)c1ccc(F)cc1)C2. The molecule has 25 heavy (non-hydrogen) atoms. The minimum Gasteiger partial charge on any atom is -0.332 e. The molecule has 136 valence electrons. The Morgan fingerprint density at radius 3 is 2.56 bits per heavy atom. The maximum Gasteiger partial charge on any atom is 0.243 e. The summed E-state index contributed by atoms with van der Waals surface area (Å²) in [5.41, 5.74) is -0.463. The Morgan fingerprint density at radius 1 is 1.20 bits per heavy atom. The third-order valence-electron chi connectivity index (χ3n) is 5.19. The van der Waals surface area contributed by atoms with Gasteiger partial charge < -0.3 is 4.90 Å². The molecular weight excluding hydrogens is 343 g/mol. The predicted molar refractivity (Wildman–Crippen MR) is 92.9 cm³/mol. The second-order valence-electron chi connectivity index (χ2n) is 6.77. The Bertz CT molecular complexity index is 759. The number of hydrogen-bond acceptors (Lipinski definition) is 3. The van der Waals surface area contributed by atoms with E-state index in [1.807, 2.05) is 0 Å². The summed E-state index contributed by atoms with van der Waals surface area (Å²) < 4.78 is 40.5. The summed E-state index contributed by atoms with van der Waals surface area (Å²) in [6, 6.07) is 4.89. The first-order valence-corrected chi connectivity index (χ1v) is 10.0. The average molecular weight is 366 g/mol. The van der Waals surface area contributed by atoms with Crippen molar-refractivity contribution < 1.29 is 17.6 Å². The number of piperidine rings is 2. The van der Waals surface area contributed by atoms with Crippen molar-refractivity contribution in [3.8, 4) is 0 Å².